The van der Waals surface area contributed by atoms with Gasteiger partial charge in [-0.1, -0.05) is 32.5 Å². The van der Waals surface area contributed by atoms with E-state index in [4.69, 9.17) is 10.7 Å². The number of Topliss-reactive ketones (excluding diaryl/α,β-unsaturated/α-hetero) is 1. The van der Waals surface area contributed by atoms with Gasteiger partial charge >= 0.3 is 0 Å². The van der Waals surface area contributed by atoms with Crippen LogP contribution in [0.5, 0.6) is 0 Å². The Balaban J connectivity index is 1.93. The second-order valence-corrected chi connectivity index (χ2v) is 8.99. The molecule has 27 heavy (non-hydrogen) atoms. The average molecular weight is 382 g/mol. The lowest BCUT2D eigenvalue weighted by molar-refractivity contribution is -0.118. The van der Waals surface area contributed by atoms with E-state index in [-0.39, 0.29) is 17.1 Å². The van der Waals surface area contributed by atoms with Gasteiger partial charge in [-0.15, -0.1) is 0 Å². The highest BCUT2D eigenvalue weighted by molar-refractivity contribution is 7.99. The smallest absolute Gasteiger partial charge is 0.191 e. The van der Waals surface area contributed by atoms with E-state index in [1.165, 1.54) is 0 Å². The van der Waals surface area contributed by atoms with Crippen molar-refractivity contribution in [2.45, 2.75) is 44.7 Å². The van der Waals surface area contributed by atoms with E-state index in [0.717, 1.165) is 34.6 Å². The standard InChI is InChI=1S/C20H23N5OS/c1-4-27-19-24-17(21)16-14(11-5-7-22-8-6-11)15-12(23-18(16)25-19)9-20(2,3)10-13(15)26/h5-8,14H,4,9-10H2,1-3H3,(H3,21,23,24,25)/t14-/m0/s1. The number of nitrogens with one attached hydrogen (secondary N) is 1. The number of fused-ring (bicyclic) bond motifs is 1. The number of aromatic nitrogens is 3. The Labute approximate surface area is 163 Å². The van der Waals surface area contributed by atoms with Crippen molar-refractivity contribution < 1.29 is 4.79 Å². The number of hydrogen-bond donors (Lipinski definition) is 2. The summed E-state index contributed by atoms with van der Waals surface area (Å²) in [6.07, 6.45) is 4.81. The second-order valence-electron chi connectivity index (χ2n) is 7.76. The molecular formula is C20H23N5OS. The van der Waals surface area contributed by atoms with Crippen LogP contribution >= 0.6 is 11.8 Å². The lowest BCUT2D eigenvalue weighted by Crippen LogP contribution is -2.34. The maximum Gasteiger partial charge on any atom is 0.191 e. The highest BCUT2D eigenvalue weighted by atomic mass is 32.2. The number of nitrogen functional groups attached to an aromatic ring is 1. The molecule has 6 nitrogen and oxygen atoms in total. The van der Waals surface area contributed by atoms with Crippen molar-refractivity contribution in [2.75, 3.05) is 16.8 Å². The molecule has 0 bridgehead atoms. The quantitative estimate of drug-likeness (QED) is 0.617. The average Bonchev–Trinajstić information content (AvgIpc) is 2.60. The predicted molar refractivity (Wildman–Crippen MR) is 108 cm³/mol. The molecule has 0 spiro atoms. The van der Waals surface area contributed by atoms with E-state index in [1.54, 1.807) is 24.2 Å². The van der Waals surface area contributed by atoms with Crippen molar-refractivity contribution in [1.82, 2.24) is 15.0 Å². The fraction of sp³-hybridized carbons (Fsp3) is 0.400. The molecule has 3 N–H and O–H groups in total. The van der Waals surface area contributed by atoms with Crippen LogP contribution in [-0.2, 0) is 4.79 Å². The number of hydrogen-bond acceptors (Lipinski definition) is 7. The van der Waals surface area contributed by atoms with Crippen molar-refractivity contribution in [3.05, 3.63) is 46.9 Å². The van der Waals surface area contributed by atoms with Crippen LogP contribution in [0.25, 0.3) is 0 Å². The summed E-state index contributed by atoms with van der Waals surface area (Å²) in [5, 5.41) is 4.08. The number of carbonyl (C=O) groups excluding carboxylic acids is 1. The fourth-order valence-electron chi connectivity index (χ4n) is 4.00. The van der Waals surface area contributed by atoms with E-state index in [9.17, 15) is 4.79 Å². The number of ketones is 1. The van der Waals surface area contributed by atoms with Gasteiger partial charge < -0.3 is 11.1 Å². The first kappa shape index (κ1) is 18.0. The topological polar surface area (TPSA) is 93.8 Å². The van der Waals surface area contributed by atoms with Crippen LogP contribution in [0.1, 0.15) is 50.7 Å². The molecule has 7 heteroatoms. The molecule has 140 valence electrons. The van der Waals surface area contributed by atoms with Crippen LogP contribution in [0, 0.1) is 5.41 Å². The molecule has 4 rings (SSSR count). The minimum Gasteiger partial charge on any atom is -0.383 e. The minimum atomic E-state index is -0.261. The number of nitrogens with two attached hydrogens (primary N) is 1. The Morgan fingerprint density at radius 1 is 1.26 bits per heavy atom. The first-order chi connectivity index (χ1) is 12.9. The van der Waals surface area contributed by atoms with Gasteiger partial charge in [0.15, 0.2) is 10.9 Å². The zero-order chi connectivity index (χ0) is 19.2. The predicted octanol–water partition coefficient (Wildman–Crippen LogP) is 3.77. The molecule has 0 saturated heterocycles. The van der Waals surface area contributed by atoms with Crippen LogP contribution in [0.2, 0.25) is 0 Å². The van der Waals surface area contributed by atoms with Gasteiger partial charge in [0.1, 0.15) is 11.6 Å². The summed E-state index contributed by atoms with van der Waals surface area (Å²) < 4.78 is 0. The number of carbonyl (C=O) groups is 1. The Hall–Kier alpha value is -2.41. The Kier molecular flexibility index (Phi) is 4.42. The first-order valence-corrected chi connectivity index (χ1v) is 10.1. The lowest BCUT2D eigenvalue weighted by atomic mass is 9.69. The van der Waals surface area contributed by atoms with Crippen molar-refractivity contribution in [3.63, 3.8) is 0 Å². The molecule has 3 heterocycles. The third-order valence-corrected chi connectivity index (χ3v) is 5.76. The zero-order valence-corrected chi connectivity index (χ0v) is 16.6. The second kappa shape index (κ2) is 6.64. The minimum absolute atomic E-state index is 0.0806. The highest BCUT2D eigenvalue weighted by Crippen LogP contribution is 2.49. The molecule has 1 aliphatic heterocycles. The molecule has 1 atom stereocenters. The number of anilines is 2. The molecule has 0 saturated carbocycles. The molecule has 0 radical (unpaired) electrons. The highest BCUT2D eigenvalue weighted by Gasteiger charge is 2.42. The van der Waals surface area contributed by atoms with Gasteiger partial charge in [-0.05, 0) is 35.3 Å². The van der Waals surface area contributed by atoms with E-state index >= 15 is 0 Å². The van der Waals surface area contributed by atoms with Gasteiger partial charge in [0, 0.05) is 41.6 Å². The summed E-state index contributed by atoms with van der Waals surface area (Å²) in [5.74, 6) is 1.90. The molecule has 0 fully saturated rings. The summed E-state index contributed by atoms with van der Waals surface area (Å²) in [5.41, 5.74) is 9.80. The van der Waals surface area contributed by atoms with E-state index < -0.39 is 0 Å². The van der Waals surface area contributed by atoms with Crippen LogP contribution in [0.4, 0.5) is 11.6 Å². The fourth-order valence-corrected chi connectivity index (χ4v) is 4.57. The molecule has 2 aromatic rings. The van der Waals surface area contributed by atoms with Gasteiger partial charge in [-0.2, -0.15) is 0 Å². The normalized spacial score (nSPS) is 20.7. The van der Waals surface area contributed by atoms with Gasteiger partial charge in [-0.25, -0.2) is 9.97 Å². The number of allylic oxidation sites excluding steroid dienone is 2. The third-order valence-electron chi connectivity index (χ3n) is 5.03. The number of pyridine rings is 1. The summed E-state index contributed by atoms with van der Waals surface area (Å²) in [6, 6.07) is 3.87. The first-order valence-electron chi connectivity index (χ1n) is 9.13. The summed E-state index contributed by atoms with van der Waals surface area (Å²) >= 11 is 1.55. The van der Waals surface area contributed by atoms with Crippen LogP contribution in [0.3, 0.4) is 0 Å². The number of nitrogens with zero attached hydrogens (tertiary/aromatic N) is 3. The summed E-state index contributed by atoms with van der Waals surface area (Å²) in [7, 11) is 0. The van der Waals surface area contributed by atoms with Crippen LogP contribution in [-0.4, -0.2) is 26.5 Å². The molecule has 0 amide bonds. The summed E-state index contributed by atoms with van der Waals surface area (Å²) in [6.45, 7) is 6.31. The van der Waals surface area contributed by atoms with Crippen molar-refractivity contribution >= 4 is 29.2 Å². The van der Waals surface area contributed by atoms with Crippen molar-refractivity contribution in [3.8, 4) is 0 Å². The molecule has 2 aromatic heterocycles. The zero-order valence-electron chi connectivity index (χ0n) is 15.7. The Morgan fingerprint density at radius 3 is 2.70 bits per heavy atom. The SMILES string of the molecule is CCSc1nc(N)c2c(n1)NC1=C(C(=O)CC(C)(C)C1)[C@@H]2c1ccncc1. The molecule has 2 aliphatic rings. The Morgan fingerprint density at radius 2 is 2.00 bits per heavy atom. The lowest BCUT2D eigenvalue weighted by Gasteiger charge is -2.39. The van der Waals surface area contributed by atoms with Crippen molar-refractivity contribution in [1.29, 1.82) is 0 Å². The maximum atomic E-state index is 13.1. The number of rotatable bonds is 3. The van der Waals surface area contributed by atoms with Gasteiger partial charge in [-0.3, -0.25) is 9.78 Å². The molecule has 1 aliphatic carbocycles. The largest absolute Gasteiger partial charge is 0.383 e. The van der Waals surface area contributed by atoms with Crippen LogP contribution < -0.4 is 11.1 Å². The van der Waals surface area contributed by atoms with E-state index in [2.05, 4.69) is 36.1 Å². The van der Waals surface area contributed by atoms with E-state index in [1.807, 2.05) is 12.1 Å². The van der Waals surface area contributed by atoms with Crippen molar-refractivity contribution in [2.24, 2.45) is 5.41 Å². The third kappa shape index (κ3) is 3.20. The Bertz CT molecular complexity index is 939. The molecule has 0 aromatic carbocycles. The molecular weight excluding hydrogens is 358 g/mol. The monoisotopic (exact) mass is 381 g/mol. The van der Waals surface area contributed by atoms with E-state index in [0.29, 0.717) is 23.2 Å². The van der Waals surface area contributed by atoms with Gasteiger partial charge in [0.2, 0.25) is 0 Å². The molecule has 0 unspecified atom stereocenters. The number of thioether (sulfide) groups is 1. The van der Waals surface area contributed by atoms with Crippen LogP contribution in [0.15, 0.2) is 41.0 Å². The van der Waals surface area contributed by atoms with Gasteiger partial charge in [0.25, 0.3) is 0 Å². The maximum absolute atomic E-state index is 13.1. The summed E-state index contributed by atoms with van der Waals surface area (Å²) in [4.78, 5) is 26.4. The van der Waals surface area contributed by atoms with Gasteiger partial charge in [0.05, 0.1) is 0 Å².